The van der Waals surface area contributed by atoms with Gasteiger partial charge in [0.2, 0.25) is 10.0 Å². The maximum Gasteiger partial charge on any atom is 0.277 e. The van der Waals surface area contributed by atoms with Crippen LogP contribution >= 0.6 is 11.3 Å². The highest BCUT2D eigenvalue weighted by Crippen LogP contribution is 2.26. The van der Waals surface area contributed by atoms with Crippen LogP contribution in [0, 0.1) is 0 Å². The SMILES string of the molecule is O=C(Nc1ccc(S(=O)(=O)N2CCCCCC2)cc1)c1cc(-c2cccs2)on1. The molecule has 152 valence electrons. The number of hydrogen-bond donors (Lipinski definition) is 1. The molecule has 3 heterocycles. The molecule has 0 radical (unpaired) electrons. The molecule has 3 aromatic rings. The number of carbonyl (C=O) groups excluding carboxylic acids is 1. The van der Waals surface area contributed by atoms with Gasteiger partial charge in [0.25, 0.3) is 5.91 Å². The fourth-order valence-electron chi connectivity index (χ4n) is 3.25. The minimum atomic E-state index is -3.51. The molecule has 0 aliphatic carbocycles. The third-order valence-electron chi connectivity index (χ3n) is 4.82. The maximum absolute atomic E-state index is 12.8. The Morgan fingerprint density at radius 2 is 1.79 bits per heavy atom. The van der Waals surface area contributed by atoms with Crippen molar-refractivity contribution in [3.05, 3.63) is 53.5 Å². The number of anilines is 1. The topological polar surface area (TPSA) is 92.5 Å². The second-order valence-corrected chi connectivity index (χ2v) is 9.74. The highest BCUT2D eigenvalue weighted by molar-refractivity contribution is 7.89. The van der Waals surface area contributed by atoms with Crippen LogP contribution in [0.25, 0.3) is 10.6 Å². The van der Waals surface area contributed by atoms with Gasteiger partial charge in [0.1, 0.15) is 0 Å². The number of nitrogens with zero attached hydrogens (tertiary/aromatic N) is 2. The summed E-state index contributed by atoms with van der Waals surface area (Å²) < 4.78 is 32.4. The average molecular weight is 432 g/mol. The Hall–Kier alpha value is -2.49. The van der Waals surface area contributed by atoms with Crippen molar-refractivity contribution < 1.29 is 17.7 Å². The number of nitrogens with one attached hydrogen (secondary N) is 1. The molecular weight excluding hydrogens is 410 g/mol. The van der Waals surface area contributed by atoms with E-state index in [-0.39, 0.29) is 10.6 Å². The summed E-state index contributed by atoms with van der Waals surface area (Å²) in [7, 11) is -3.51. The Morgan fingerprint density at radius 3 is 2.45 bits per heavy atom. The average Bonchev–Trinajstić information content (AvgIpc) is 3.35. The second-order valence-electron chi connectivity index (χ2n) is 6.85. The maximum atomic E-state index is 12.8. The van der Waals surface area contributed by atoms with Crippen molar-refractivity contribution >= 4 is 33.0 Å². The minimum absolute atomic E-state index is 0.162. The molecule has 1 aromatic carbocycles. The monoisotopic (exact) mass is 431 g/mol. The predicted molar refractivity (Wildman–Crippen MR) is 111 cm³/mol. The largest absolute Gasteiger partial charge is 0.355 e. The van der Waals surface area contributed by atoms with Gasteiger partial charge in [-0.3, -0.25) is 4.79 Å². The van der Waals surface area contributed by atoms with Gasteiger partial charge < -0.3 is 9.84 Å². The lowest BCUT2D eigenvalue weighted by Gasteiger charge is -2.20. The standard InChI is InChI=1S/C20H21N3O4S2/c24-20(17-14-18(27-22-17)19-6-5-13-28-19)21-15-7-9-16(10-8-15)29(25,26)23-11-3-1-2-4-12-23/h5-10,13-14H,1-4,11-12H2,(H,21,24). The molecule has 1 aliphatic heterocycles. The molecule has 0 atom stereocenters. The molecule has 0 spiro atoms. The van der Waals surface area contributed by atoms with Gasteiger partial charge in [0, 0.05) is 24.8 Å². The summed E-state index contributed by atoms with van der Waals surface area (Å²) in [4.78, 5) is 13.5. The van der Waals surface area contributed by atoms with Gasteiger partial charge in [-0.2, -0.15) is 4.31 Å². The summed E-state index contributed by atoms with van der Waals surface area (Å²) in [6.45, 7) is 1.11. The smallest absolute Gasteiger partial charge is 0.277 e. The molecule has 7 nitrogen and oxygen atoms in total. The number of sulfonamides is 1. The van der Waals surface area contributed by atoms with Gasteiger partial charge in [-0.1, -0.05) is 24.1 Å². The van der Waals surface area contributed by atoms with Gasteiger partial charge in [0.05, 0.1) is 9.77 Å². The quantitative estimate of drug-likeness (QED) is 0.653. The number of thiophene rings is 1. The summed E-state index contributed by atoms with van der Waals surface area (Å²) in [6, 6.07) is 11.6. The Bertz CT molecular complexity index is 1070. The lowest BCUT2D eigenvalue weighted by atomic mass is 10.2. The highest BCUT2D eigenvalue weighted by atomic mass is 32.2. The lowest BCUT2D eigenvalue weighted by Crippen LogP contribution is -2.31. The van der Waals surface area contributed by atoms with Crippen molar-refractivity contribution in [2.24, 2.45) is 0 Å². The second kappa shape index (κ2) is 8.48. The summed E-state index contributed by atoms with van der Waals surface area (Å²) in [5.41, 5.74) is 0.653. The zero-order valence-corrected chi connectivity index (χ0v) is 17.3. The third kappa shape index (κ3) is 4.42. The third-order valence-corrected chi connectivity index (χ3v) is 7.62. The zero-order chi connectivity index (χ0) is 20.3. The Morgan fingerprint density at radius 1 is 1.07 bits per heavy atom. The zero-order valence-electron chi connectivity index (χ0n) is 15.7. The Balaban J connectivity index is 1.44. The van der Waals surface area contributed by atoms with E-state index in [1.165, 1.54) is 23.5 Å². The molecule has 4 rings (SSSR count). The molecule has 9 heteroatoms. The van der Waals surface area contributed by atoms with Crippen LogP contribution in [0.15, 0.2) is 57.3 Å². The molecule has 2 aromatic heterocycles. The van der Waals surface area contributed by atoms with Crippen LogP contribution < -0.4 is 5.32 Å². The van der Waals surface area contributed by atoms with Crippen LogP contribution in [0.5, 0.6) is 0 Å². The molecule has 0 unspecified atom stereocenters. The fraction of sp³-hybridized carbons (Fsp3) is 0.300. The first-order valence-corrected chi connectivity index (χ1v) is 11.8. The first-order valence-electron chi connectivity index (χ1n) is 9.46. The molecule has 1 fully saturated rings. The van der Waals surface area contributed by atoms with Crippen molar-refractivity contribution in [1.82, 2.24) is 9.46 Å². The van der Waals surface area contributed by atoms with Crippen molar-refractivity contribution in [3.8, 4) is 10.6 Å². The van der Waals surface area contributed by atoms with E-state index in [0.717, 1.165) is 30.6 Å². The van der Waals surface area contributed by atoms with Crippen molar-refractivity contribution in [1.29, 1.82) is 0 Å². The molecular formula is C20H21N3O4S2. The van der Waals surface area contributed by atoms with Crippen molar-refractivity contribution in [2.75, 3.05) is 18.4 Å². The van der Waals surface area contributed by atoms with E-state index < -0.39 is 15.9 Å². The molecule has 1 N–H and O–H groups in total. The summed E-state index contributed by atoms with van der Waals surface area (Å²) >= 11 is 1.50. The van der Waals surface area contributed by atoms with Crippen LogP contribution in [-0.2, 0) is 10.0 Å². The lowest BCUT2D eigenvalue weighted by molar-refractivity contribution is 0.101. The van der Waals surface area contributed by atoms with Gasteiger partial charge in [-0.05, 0) is 48.6 Å². The van der Waals surface area contributed by atoms with Gasteiger partial charge in [0.15, 0.2) is 11.5 Å². The molecule has 1 aliphatic rings. The summed E-state index contributed by atoms with van der Waals surface area (Å²) in [5.74, 6) is 0.115. The molecule has 0 saturated carbocycles. The van der Waals surface area contributed by atoms with Crippen LogP contribution in [0.4, 0.5) is 5.69 Å². The van der Waals surface area contributed by atoms with Crippen LogP contribution in [0.3, 0.4) is 0 Å². The first-order chi connectivity index (χ1) is 14.0. The minimum Gasteiger partial charge on any atom is -0.355 e. The normalized spacial score (nSPS) is 15.7. The van der Waals surface area contributed by atoms with E-state index >= 15 is 0 Å². The first kappa shape index (κ1) is 19.8. The Labute approximate surface area is 173 Å². The summed E-state index contributed by atoms with van der Waals surface area (Å²) in [5, 5.41) is 8.45. The number of amides is 1. The van der Waals surface area contributed by atoms with Gasteiger partial charge in [-0.15, -0.1) is 11.3 Å². The number of aromatic nitrogens is 1. The van der Waals surface area contributed by atoms with E-state index in [9.17, 15) is 13.2 Å². The van der Waals surface area contributed by atoms with Gasteiger partial charge >= 0.3 is 0 Å². The molecule has 1 saturated heterocycles. The number of hydrogen-bond acceptors (Lipinski definition) is 6. The predicted octanol–water partition coefficient (Wildman–Crippen LogP) is 4.22. The molecule has 0 bridgehead atoms. The number of carbonyl (C=O) groups is 1. The van der Waals surface area contributed by atoms with E-state index in [1.807, 2.05) is 17.5 Å². The number of benzene rings is 1. The van der Waals surface area contributed by atoms with Crippen LogP contribution in [0.2, 0.25) is 0 Å². The van der Waals surface area contributed by atoms with Crippen molar-refractivity contribution in [3.63, 3.8) is 0 Å². The Kier molecular flexibility index (Phi) is 5.79. The number of rotatable bonds is 5. The van der Waals surface area contributed by atoms with E-state index in [4.69, 9.17) is 4.52 Å². The van der Waals surface area contributed by atoms with E-state index in [0.29, 0.717) is 24.5 Å². The van der Waals surface area contributed by atoms with Crippen molar-refractivity contribution in [2.45, 2.75) is 30.6 Å². The van der Waals surface area contributed by atoms with Crippen LogP contribution in [0.1, 0.15) is 36.2 Å². The molecule has 1 amide bonds. The van der Waals surface area contributed by atoms with E-state index in [1.54, 1.807) is 22.5 Å². The van der Waals surface area contributed by atoms with E-state index in [2.05, 4.69) is 10.5 Å². The fourth-order valence-corrected chi connectivity index (χ4v) is 5.44. The van der Waals surface area contributed by atoms with Gasteiger partial charge in [-0.25, -0.2) is 8.42 Å². The van der Waals surface area contributed by atoms with Crippen LogP contribution in [-0.4, -0.2) is 36.9 Å². The highest BCUT2D eigenvalue weighted by Gasteiger charge is 2.25. The summed E-state index contributed by atoms with van der Waals surface area (Å²) in [6.07, 6.45) is 3.90. The molecule has 29 heavy (non-hydrogen) atoms.